The number of anilines is 1. The van der Waals surface area contributed by atoms with E-state index in [1.54, 1.807) is 42.1 Å². The first-order valence-corrected chi connectivity index (χ1v) is 10.9. The van der Waals surface area contributed by atoms with Crippen LogP contribution in [0.3, 0.4) is 0 Å². The fourth-order valence-corrected chi connectivity index (χ4v) is 3.97. The maximum absolute atomic E-state index is 13.2. The van der Waals surface area contributed by atoms with E-state index in [1.165, 1.54) is 12.1 Å². The average Bonchev–Trinajstić information content (AvgIpc) is 2.79. The molecule has 2 aromatic carbocycles. The van der Waals surface area contributed by atoms with Crippen molar-refractivity contribution in [2.24, 2.45) is 0 Å². The highest BCUT2D eigenvalue weighted by Gasteiger charge is 2.21. The van der Waals surface area contributed by atoms with Gasteiger partial charge in [0, 0.05) is 13.1 Å². The predicted octanol–water partition coefficient (Wildman–Crippen LogP) is 4.72. The molecule has 3 aromatic rings. The van der Waals surface area contributed by atoms with Crippen molar-refractivity contribution in [3.05, 3.63) is 65.6 Å². The van der Waals surface area contributed by atoms with Gasteiger partial charge in [0.2, 0.25) is 0 Å². The number of aromatic hydroxyl groups is 1. The number of morpholine rings is 1. The SMILES string of the molecule is CSc1c(/C=C/c2ccc(F)cc2)nc(-c2ccccc2O)nc1N1CCOCC1. The molecule has 0 radical (unpaired) electrons. The topological polar surface area (TPSA) is 58.5 Å². The van der Waals surface area contributed by atoms with Crippen molar-refractivity contribution in [3.63, 3.8) is 0 Å². The van der Waals surface area contributed by atoms with Crippen molar-refractivity contribution in [2.75, 3.05) is 37.5 Å². The molecule has 30 heavy (non-hydrogen) atoms. The average molecular weight is 424 g/mol. The van der Waals surface area contributed by atoms with Crippen molar-refractivity contribution in [3.8, 4) is 17.1 Å². The molecule has 1 aromatic heterocycles. The number of nitrogens with zero attached hydrogens (tertiary/aromatic N) is 3. The Kier molecular flexibility index (Phi) is 6.30. The van der Waals surface area contributed by atoms with Crippen LogP contribution in [0, 0.1) is 5.82 Å². The molecule has 2 heterocycles. The van der Waals surface area contributed by atoms with E-state index in [0.29, 0.717) is 24.6 Å². The maximum atomic E-state index is 13.2. The third-order valence-corrected chi connectivity index (χ3v) is 5.64. The Hall–Kier alpha value is -2.90. The quantitative estimate of drug-likeness (QED) is 0.600. The van der Waals surface area contributed by atoms with Crippen LogP contribution in [0.15, 0.2) is 53.4 Å². The summed E-state index contributed by atoms with van der Waals surface area (Å²) in [7, 11) is 0. The van der Waals surface area contributed by atoms with Gasteiger partial charge in [-0.05, 0) is 42.2 Å². The van der Waals surface area contributed by atoms with Gasteiger partial charge in [0.15, 0.2) is 5.82 Å². The second-order valence-corrected chi connectivity index (χ2v) is 7.61. The highest BCUT2D eigenvalue weighted by atomic mass is 32.2. The second-order valence-electron chi connectivity index (χ2n) is 6.79. The zero-order valence-corrected chi connectivity index (χ0v) is 17.4. The monoisotopic (exact) mass is 423 g/mol. The Bertz CT molecular complexity index is 1050. The van der Waals surface area contributed by atoms with Gasteiger partial charge in [-0.15, -0.1) is 11.8 Å². The molecule has 1 saturated heterocycles. The maximum Gasteiger partial charge on any atom is 0.165 e. The molecule has 1 N–H and O–H groups in total. The summed E-state index contributed by atoms with van der Waals surface area (Å²) in [4.78, 5) is 12.7. The van der Waals surface area contributed by atoms with Gasteiger partial charge in [-0.2, -0.15) is 0 Å². The number of benzene rings is 2. The molecule has 0 bridgehead atoms. The van der Waals surface area contributed by atoms with Crippen molar-refractivity contribution < 1.29 is 14.2 Å². The number of aromatic nitrogens is 2. The number of thioether (sulfide) groups is 1. The van der Waals surface area contributed by atoms with Crippen molar-refractivity contribution in [1.82, 2.24) is 9.97 Å². The van der Waals surface area contributed by atoms with Crippen LogP contribution in [-0.4, -0.2) is 47.6 Å². The Morgan fingerprint density at radius 3 is 2.47 bits per heavy atom. The second kappa shape index (κ2) is 9.28. The molecule has 0 amide bonds. The first kappa shape index (κ1) is 20.4. The van der Waals surface area contributed by atoms with E-state index in [2.05, 4.69) is 4.90 Å². The fraction of sp³-hybridized carbons (Fsp3) is 0.217. The minimum absolute atomic E-state index is 0.135. The molecule has 4 rings (SSSR count). The van der Waals surface area contributed by atoms with E-state index in [4.69, 9.17) is 14.7 Å². The van der Waals surface area contributed by atoms with E-state index in [9.17, 15) is 9.50 Å². The van der Waals surface area contributed by atoms with Gasteiger partial charge in [-0.1, -0.05) is 30.3 Å². The molecule has 0 saturated carbocycles. The number of hydrogen-bond donors (Lipinski definition) is 1. The van der Waals surface area contributed by atoms with Gasteiger partial charge >= 0.3 is 0 Å². The number of halogens is 1. The number of phenolic OH excluding ortho intramolecular Hbond substituents is 1. The van der Waals surface area contributed by atoms with E-state index in [-0.39, 0.29) is 11.6 Å². The first-order valence-electron chi connectivity index (χ1n) is 9.66. The summed E-state index contributed by atoms with van der Waals surface area (Å²) in [6.07, 6.45) is 5.81. The lowest BCUT2D eigenvalue weighted by Gasteiger charge is -2.30. The van der Waals surface area contributed by atoms with Crippen LogP contribution in [0.2, 0.25) is 0 Å². The smallest absolute Gasteiger partial charge is 0.165 e. The lowest BCUT2D eigenvalue weighted by molar-refractivity contribution is 0.122. The first-order chi connectivity index (χ1) is 14.7. The molecule has 154 valence electrons. The predicted molar refractivity (Wildman–Crippen MR) is 119 cm³/mol. The Balaban J connectivity index is 1.82. The lowest BCUT2D eigenvalue weighted by atomic mass is 10.1. The van der Waals surface area contributed by atoms with Crippen molar-refractivity contribution in [1.29, 1.82) is 0 Å². The Labute approximate surface area is 179 Å². The molecule has 0 unspecified atom stereocenters. The van der Waals surface area contributed by atoms with Gasteiger partial charge in [0.25, 0.3) is 0 Å². The van der Waals surface area contributed by atoms with Crippen LogP contribution in [0.25, 0.3) is 23.5 Å². The van der Waals surface area contributed by atoms with E-state index in [1.807, 2.05) is 24.5 Å². The van der Waals surface area contributed by atoms with Crippen molar-refractivity contribution >= 4 is 29.7 Å². The molecular weight excluding hydrogens is 401 g/mol. The number of rotatable bonds is 5. The Morgan fingerprint density at radius 1 is 1.03 bits per heavy atom. The molecule has 1 fully saturated rings. The van der Waals surface area contributed by atoms with Gasteiger partial charge < -0.3 is 14.7 Å². The highest BCUT2D eigenvalue weighted by molar-refractivity contribution is 7.98. The highest BCUT2D eigenvalue weighted by Crippen LogP contribution is 2.35. The van der Waals surface area contributed by atoms with Gasteiger partial charge in [0.1, 0.15) is 17.4 Å². The zero-order valence-electron chi connectivity index (χ0n) is 16.6. The summed E-state index contributed by atoms with van der Waals surface area (Å²) in [5.74, 6) is 1.16. The normalized spacial score (nSPS) is 14.4. The van der Waals surface area contributed by atoms with E-state index >= 15 is 0 Å². The summed E-state index contributed by atoms with van der Waals surface area (Å²) >= 11 is 1.58. The van der Waals surface area contributed by atoms with Crippen LogP contribution in [0.1, 0.15) is 11.3 Å². The molecule has 1 aliphatic heterocycles. The van der Waals surface area contributed by atoms with Crippen LogP contribution in [-0.2, 0) is 4.74 Å². The number of ether oxygens (including phenoxy) is 1. The molecule has 1 aliphatic rings. The molecule has 0 atom stereocenters. The molecule has 7 heteroatoms. The molecule has 5 nitrogen and oxygen atoms in total. The summed E-state index contributed by atoms with van der Waals surface area (Å²) in [6, 6.07) is 13.4. The minimum Gasteiger partial charge on any atom is -0.507 e. The van der Waals surface area contributed by atoms with E-state index < -0.39 is 0 Å². The van der Waals surface area contributed by atoms with Crippen molar-refractivity contribution in [2.45, 2.75) is 4.90 Å². The number of phenols is 1. The summed E-state index contributed by atoms with van der Waals surface area (Å²) in [6.45, 7) is 2.77. The van der Waals surface area contributed by atoms with Crippen LogP contribution < -0.4 is 4.90 Å². The standard InChI is InChI=1S/C23H22FN3O2S/c1-30-21-19(11-8-16-6-9-17(24)10-7-16)25-22(18-4-2-3-5-20(18)28)26-23(21)27-12-14-29-15-13-27/h2-11,28H,12-15H2,1H3/b11-8+. The lowest BCUT2D eigenvalue weighted by Crippen LogP contribution is -2.37. The number of para-hydroxylation sites is 1. The fourth-order valence-electron chi connectivity index (χ4n) is 3.29. The molecule has 0 aliphatic carbocycles. The van der Waals surface area contributed by atoms with Crippen LogP contribution in [0.5, 0.6) is 5.75 Å². The Morgan fingerprint density at radius 2 is 1.77 bits per heavy atom. The van der Waals surface area contributed by atoms with E-state index in [0.717, 1.165) is 35.1 Å². The molecular formula is C23H22FN3O2S. The third-order valence-electron chi connectivity index (χ3n) is 4.84. The van der Waals surface area contributed by atoms with Gasteiger partial charge in [-0.3, -0.25) is 0 Å². The van der Waals surface area contributed by atoms with Gasteiger partial charge in [-0.25, -0.2) is 14.4 Å². The van der Waals surface area contributed by atoms with Crippen LogP contribution in [0.4, 0.5) is 10.2 Å². The van der Waals surface area contributed by atoms with Gasteiger partial charge in [0.05, 0.1) is 29.4 Å². The minimum atomic E-state index is -0.268. The van der Waals surface area contributed by atoms with Crippen LogP contribution >= 0.6 is 11.8 Å². The molecule has 0 spiro atoms. The zero-order chi connectivity index (χ0) is 20.9. The number of hydrogen-bond acceptors (Lipinski definition) is 6. The summed E-state index contributed by atoms with van der Waals surface area (Å²) in [5.41, 5.74) is 2.21. The summed E-state index contributed by atoms with van der Waals surface area (Å²) in [5, 5.41) is 10.3. The largest absolute Gasteiger partial charge is 0.507 e. The summed E-state index contributed by atoms with van der Waals surface area (Å²) < 4.78 is 18.7. The third kappa shape index (κ3) is 4.47.